The van der Waals surface area contributed by atoms with Crippen molar-refractivity contribution in [2.45, 2.75) is 17.8 Å². The molecule has 16 heavy (non-hydrogen) atoms. The number of fused-ring (bicyclic) bond motifs is 1. The minimum Gasteiger partial charge on any atom is -0.329 e. The SMILES string of the molecule is NCC1(c2cc3ncccn3n2)CC1(F)F. The molecular formula is C10H10F2N4. The topological polar surface area (TPSA) is 56.2 Å². The second kappa shape index (κ2) is 2.76. The van der Waals surface area contributed by atoms with E-state index in [0.717, 1.165) is 0 Å². The normalized spacial score (nSPS) is 27.2. The average molecular weight is 224 g/mol. The Bertz CT molecular complexity index is 517. The number of hydrogen-bond acceptors (Lipinski definition) is 3. The van der Waals surface area contributed by atoms with Crippen molar-refractivity contribution in [3.8, 4) is 0 Å². The summed E-state index contributed by atoms with van der Waals surface area (Å²) in [4.78, 5) is 4.04. The summed E-state index contributed by atoms with van der Waals surface area (Å²) in [5.41, 5.74) is 5.07. The monoisotopic (exact) mass is 224 g/mol. The molecule has 0 aliphatic heterocycles. The Kier molecular flexibility index (Phi) is 1.67. The van der Waals surface area contributed by atoms with Gasteiger partial charge in [-0.3, -0.25) is 0 Å². The zero-order valence-electron chi connectivity index (χ0n) is 8.40. The quantitative estimate of drug-likeness (QED) is 0.826. The third kappa shape index (κ3) is 1.05. The van der Waals surface area contributed by atoms with Crippen LogP contribution in [0.25, 0.3) is 5.65 Å². The molecule has 0 aromatic carbocycles. The molecule has 0 amide bonds. The lowest BCUT2D eigenvalue weighted by Crippen LogP contribution is -2.27. The molecule has 84 valence electrons. The van der Waals surface area contributed by atoms with E-state index >= 15 is 0 Å². The first-order valence-electron chi connectivity index (χ1n) is 4.98. The predicted octanol–water partition coefficient (Wildman–Crippen LogP) is 0.965. The summed E-state index contributed by atoms with van der Waals surface area (Å²) in [7, 11) is 0. The summed E-state index contributed by atoms with van der Waals surface area (Å²) in [6.45, 7) is -0.0934. The van der Waals surface area contributed by atoms with Crippen molar-refractivity contribution in [1.82, 2.24) is 14.6 Å². The van der Waals surface area contributed by atoms with Gasteiger partial charge in [0.2, 0.25) is 0 Å². The second-order valence-electron chi connectivity index (χ2n) is 4.12. The number of halogens is 2. The largest absolute Gasteiger partial charge is 0.329 e. The van der Waals surface area contributed by atoms with Crippen LogP contribution >= 0.6 is 0 Å². The molecule has 1 aliphatic carbocycles. The van der Waals surface area contributed by atoms with Crippen LogP contribution in [-0.2, 0) is 5.41 Å². The van der Waals surface area contributed by atoms with E-state index in [1.54, 1.807) is 24.5 Å². The van der Waals surface area contributed by atoms with Gasteiger partial charge in [0.1, 0.15) is 0 Å². The van der Waals surface area contributed by atoms with Crippen LogP contribution in [0.2, 0.25) is 0 Å². The molecule has 2 N–H and O–H groups in total. The maximum absolute atomic E-state index is 13.3. The van der Waals surface area contributed by atoms with Crippen LogP contribution in [0.5, 0.6) is 0 Å². The van der Waals surface area contributed by atoms with Gasteiger partial charge in [0.05, 0.1) is 11.1 Å². The van der Waals surface area contributed by atoms with Gasteiger partial charge in [0.25, 0.3) is 5.92 Å². The zero-order valence-corrected chi connectivity index (χ0v) is 8.40. The highest BCUT2D eigenvalue weighted by molar-refractivity contribution is 5.45. The summed E-state index contributed by atoms with van der Waals surface area (Å²) in [6, 6.07) is 3.28. The van der Waals surface area contributed by atoms with E-state index in [1.165, 1.54) is 4.52 Å². The number of nitrogens with two attached hydrogens (primary N) is 1. The molecular weight excluding hydrogens is 214 g/mol. The van der Waals surface area contributed by atoms with Crippen molar-refractivity contribution < 1.29 is 8.78 Å². The highest BCUT2D eigenvalue weighted by Crippen LogP contribution is 2.60. The van der Waals surface area contributed by atoms with E-state index in [-0.39, 0.29) is 13.0 Å². The number of nitrogens with zero attached hydrogens (tertiary/aromatic N) is 3. The van der Waals surface area contributed by atoms with Gasteiger partial charge >= 0.3 is 0 Å². The van der Waals surface area contributed by atoms with E-state index in [4.69, 9.17) is 5.73 Å². The van der Waals surface area contributed by atoms with Gasteiger partial charge in [-0.25, -0.2) is 18.3 Å². The summed E-state index contributed by atoms with van der Waals surface area (Å²) in [5, 5.41) is 4.11. The molecule has 0 bridgehead atoms. The predicted molar refractivity (Wildman–Crippen MR) is 53.3 cm³/mol. The summed E-state index contributed by atoms with van der Waals surface area (Å²) in [6.07, 6.45) is 3.05. The fourth-order valence-electron chi connectivity index (χ4n) is 2.00. The summed E-state index contributed by atoms with van der Waals surface area (Å²) in [5.74, 6) is -2.74. The first kappa shape index (κ1) is 9.65. The number of hydrogen-bond donors (Lipinski definition) is 1. The fourth-order valence-corrected chi connectivity index (χ4v) is 2.00. The van der Waals surface area contributed by atoms with Gasteiger partial charge in [-0.15, -0.1) is 0 Å². The molecule has 4 nitrogen and oxygen atoms in total. The Morgan fingerprint density at radius 1 is 1.50 bits per heavy atom. The lowest BCUT2D eigenvalue weighted by Gasteiger charge is -2.09. The van der Waals surface area contributed by atoms with Crippen LogP contribution in [0.15, 0.2) is 24.5 Å². The second-order valence-corrected chi connectivity index (χ2v) is 4.12. The molecule has 0 saturated heterocycles. The first-order valence-corrected chi connectivity index (χ1v) is 4.98. The third-order valence-corrected chi connectivity index (χ3v) is 3.17. The zero-order chi connectivity index (χ0) is 11.4. The minimum atomic E-state index is -2.74. The van der Waals surface area contributed by atoms with Crippen LogP contribution < -0.4 is 5.73 Å². The molecule has 0 radical (unpaired) electrons. The average Bonchev–Trinajstić information content (AvgIpc) is 2.67. The standard InChI is InChI=1S/C10H10F2N4/c11-10(12)5-9(10,6-13)7-4-8-14-2-1-3-16(8)15-7/h1-4H,5-6,13H2. The molecule has 1 saturated carbocycles. The maximum Gasteiger partial charge on any atom is 0.261 e. The smallest absolute Gasteiger partial charge is 0.261 e. The lowest BCUT2D eigenvalue weighted by atomic mass is 10.0. The van der Waals surface area contributed by atoms with E-state index in [1.807, 2.05) is 0 Å². The number of aromatic nitrogens is 3. The van der Waals surface area contributed by atoms with Crippen molar-refractivity contribution in [2.24, 2.45) is 5.73 Å². The van der Waals surface area contributed by atoms with Gasteiger partial charge in [0.15, 0.2) is 5.65 Å². The Labute approximate surface area is 90.1 Å². The third-order valence-electron chi connectivity index (χ3n) is 3.17. The fraction of sp³-hybridized carbons (Fsp3) is 0.400. The molecule has 2 aromatic heterocycles. The number of alkyl halides is 2. The molecule has 0 spiro atoms. The molecule has 2 aromatic rings. The van der Waals surface area contributed by atoms with Gasteiger partial charge in [-0.1, -0.05) is 0 Å². The van der Waals surface area contributed by atoms with Gasteiger partial charge < -0.3 is 5.73 Å². The molecule has 1 atom stereocenters. The Hall–Kier alpha value is -1.56. The van der Waals surface area contributed by atoms with Crippen molar-refractivity contribution in [2.75, 3.05) is 6.54 Å². The van der Waals surface area contributed by atoms with E-state index < -0.39 is 11.3 Å². The molecule has 1 fully saturated rings. The highest BCUT2D eigenvalue weighted by atomic mass is 19.3. The first-order chi connectivity index (χ1) is 7.59. The van der Waals surface area contributed by atoms with Crippen molar-refractivity contribution in [1.29, 1.82) is 0 Å². The van der Waals surface area contributed by atoms with Gasteiger partial charge in [0, 0.05) is 31.4 Å². The molecule has 2 heterocycles. The van der Waals surface area contributed by atoms with E-state index in [2.05, 4.69) is 10.1 Å². The number of rotatable bonds is 2. The van der Waals surface area contributed by atoms with Gasteiger partial charge in [-0.2, -0.15) is 5.10 Å². The Balaban J connectivity index is 2.13. The van der Waals surface area contributed by atoms with Crippen LogP contribution in [0, 0.1) is 0 Å². The highest BCUT2D eigenvalue weighted by Gasteiger charge is 2.72. The minimum absolute atomic E-state index is 0.0934. The Morgan fingerprint density at radius 3 is 2.81 bits per heavy atom. The van der Waals surface area contributed by atoms with Crippen LogP contribution in [-0.4, -0.2) is 27.1 Å². The van der Waals surface area contributed by atoms with Crippen molar-refractivity contribution >= 4 is 5.65 Å². The van der Waals surface area contributed by atoms with Crippen molar-refractivity contribution in [3.05, 3.63) is 30.2 Å². The molecule has 3 rings (SSSR count). The van der Waals surface area contributed by atoms with Crippen LogP contribution in [0.3, 0.4) is 0 Å². The molecule has 6 heteroatoms. The van der Waals surface area contributed by atoms with Crippen LogP contribution in [0.1, 0.15) is 12.1 Å². The van der Waals surface area contributed by atoms with Crippen molar-refractivity contribution in [3.63, 3.8) is 0 Å². The van der Waals surface area contributed by atoms with E-state index in [0.29, 0.717) is 11.3 Å². The van der Waals surface area contributed by atoms with Crippen LogP contribution in [0.4, 0.5) is 8.78 Å². The summed E-state index contributed by atoms with van der Waals surface area (Å²) < 4.78 is 28.1. The van der Waals surface area contributed by atoms with Gasteiger partial charge in [-0.05, 0) is 6.07 Å². The molecule has 1 unspecified atom stereocenters. The van der Waals surface area contributed by atoms with E-state index in [9.17, 15) is 8.78 Å². The lowest BCUT2D eigenvalue weighted by molar-refractivity contribution is 0.0885. The summed E-state index contributed by atoms with van der Waals surface area (Å²) >= 11 is 0. The maximum atomic E-state index is 13.3. The molecule has 1 aliphatic rings. The Morgan fingerprint density at radius 2 is 2.25 bits per heavy atom.